The second-order valence-electron chi connectivity index (χ2n) is 3.86. The van der Waals surface area contributed by atoms with E-state index in [1.165, 1.54) is 7.05 Å². The molecule has 0 spiro atoms. The Balaban J connectivity index is 2.70. The molecule has 7 heteroatoms. The van der Waals surface area contributed by atoms with Gasteiger partial charge in [0.2, 0.25) is 6.23 Å². The van der Waals surface area contributed by atoms with Gasteiger partial charge in [0.25, 0.3) is 6.47 Å². The summed E-state index contributed by atoms with van der Waals surface area (Å²) in [4.78, 5) is 22.3. The number of halogens is 2. The molecule has 0 bridgehead atoms. The zero-order valence-electron chi connectivity index (χ0n) is 10.5. The van der Waals surface area contributed by atoms with Crippen LogP contribution < -0.4 is 5.32 Å². The molecule has 2 amide bonds. The van der Waals surface area contributed by atoms with Crippen molar-refractivity contribution in [2.75, 3.05) is 12.4 Å². The Kier molecular flexibility index (Phi) is 5.92. The normalized spacial score (nSPS) is 11.8. The first-order valence-electron chi connectivity index (χ1n) is 5.43. The molecule has 0 aliphatic rings. The predicted octanol–water partition coefficient (Wildman–Crippen LogP) is 2.76. The highest BCUT2D eigenvalue weighted by Gasteiger charge is 2.27. The summed E-state index contributed by atoms with van der Waals surface area (Å²) in [5.74, 6) is 0. The van der Waals surface area contributed by atoms with Crippen LogP contribution in [0.2, 0.25) is 0 Å². The summed E-state index contributed by atoms with van der Waals surface area (Å²) in [6, 6.07) is 6.76. The number of anilines is 1. The maximum absolute atomic E-state index is 11.9. The summed E-state index contributed by atoms with van der Waals surface area (Å²) in [5.41, 5.74) is 1.70. The number of hydrogen-bond acceptors (Lipinski definition) is 3. The average molecular weight is 305 g/mol. The highest BCUT2D eigenvalue weighted by molar-refractivity contribution is 6.44. The highest BCUT2D eigenvalue weighted by Crippen LogP contribution is 2.16. The molecule has 5 nitrogen and oxygen atoms in total. The Hall–Kier alpha value is -1.46. The van der Waals surface area contributed by atoms with Crippen molar-refractivity contribution in [2.24, 2.45) is 0 Å². The van der Waals surface area contributed by atoms with E-state index in [2.05, 4.69) is 10.1 Å². The fourth-order valence-electron chi connectivity index (χ4n) is 1.34. The lowest BCUT2D eigenvalue weighted by Gasteiger charge is -2.27. The number of amides is 2. The van der Waals surface area contributed by atoms with Gasteiger partial charge in [-0.2, -0.15) is 0 Å². The molecule has 104 valence electrons. The molecule has 1 aromatic carbocycles. The van der Waals surface area contributed by atoms with Crippen molar-refractivity contribution in [2.45, 2.75) is 18.0 Å². The summed E-state index contributed by atoms with van der Waals surface area (Å²) in [5, 5.41) is 2.64. The van der Waals surface area contributed by atoms with Crippen LogP contribution in [0, 0.1) is 6.92 Å². The predicted molar refractivity (Wildman–Crippen MR) is 74.4 cm³/mol. The molecule has 0 saturated heterocycles. The van der Waals surface area contributed by atoms with Gasteiger partial charge >= 0.3 is 6.03 Å². The second kappa shape index (κ2) is 7.21. The Bertz CT molecular complexity index is 437. The molecule has 0 fully saturated rings. The smallest absolute Gasteiger partial charge is 0.324 e. The Morgan fingerprint density at radius 2 is 1.95 bits per heavy atom. The molecule has 0 aromatic heterocycles. The molecule has 0 aliphatic carbocycles. The molecule has 1 unspecified atom stereocenters. The van der Waals surface area contributed by atoms with Gasteiger partial charge in [-0.1, -0.05) is 40.9 Å². The fourth-order valence-corrected chi connectivity index (χ4v) is 1.80. The van der Waals surface area contributed by atoms with Crippen LogP contribution in [0.1, 0.15) is 5.56 Å². The molecule has 0 heterocycles. The van der Waals surface area contributed by atoms with Crippen LogP contribution in [0.4, 0.5) is 10.5 Å². The molecule has 0 radical (unpaired) electrons. The van der Waals surface area contributed by atoms with Crippen LogP contribution in [-0.2, 0) is 9.53 Å². The minimum Gasteiger partial charge on any atom is -0.441 e. The van der Waals surface area contributed by atoms with Crippen molar-refractivity contribution in [1.29, 1.82) is 0 Å². The van der Waals surface area contributed by atoms with Gasteiger partial charge in [-0.3, -0.25) is 9.69 Å². The van der Waals surface area contributed by atoms with E-state index in [9.17, 15) is 9.59 Å². The van der Waals surface area contributed by atoms with E-state index in [1.807, 2.05) is 19.1 Å². The minimum atomic E-state index is -1.05. The van der Waals surface area contributed by atoms with Crippen molar-refractivity contribution < 1.29 is 14.3 Å². The molecule has 0 saturated carbocycles. The number of benzene rings is 1. The van der Waals surface area contributed by atoms with Crippen LogP contribution in [0.3, 0.4) is 0 Å². The number of alkyl halides is 2. The zero-order valence-corrected chi connectivity index (χ0v) is 12.0. The van der Waals surface area contributed by atoms with Crippen molar-refractivity contribution in [3.63, 3.8) is 0 Å². The quantitative estimate of drug-likeness (QED) is 0.517. The number of urea groups is 1. The van der Waals surface area contributed by atoms with Crippen LogP contribution in [0.5, 0.6) is 0 Å². The number of carbonyl (C=O) groups excluding carboxylic acids is 2. The summed E-state index contributed by atoms with van der Waals surface area (Å²) in [7, 11) is 1.43. The topological polar surface area (TPSA) is 58.6 Å². The molecule has 0 aliphatic heterocycles. The Morgan fingerprint density at radius 3 is 2.42 bits per heavy atom. The molecule has 1 rings (SSSR count). The van der Waals surface area contributed by atoms with Gasteiger partial charge in [-0.05, 0) is 19.1 Å². The summed E-state index contributed by atoms with van der Waals surface area (Å²) < 4.78 is 4.66. The lowest BCUT2D eigenvalue weighted by Crippen LogP contribution is -2.44. The van der Waals surface area contributed by atoms with Gasteiger partial charge < -0.3 is 10.1 Å². The largest absolute Gasteiger partial charge is 0.441 e. The number of aryl methyl sites for hydroxylation is 1. The van der Waals surface area contributed by atoms with E-state index in [0.717, 1.165) is 10.5 Å². The molecule has 19 heavy (non-hydrogen) atoms. The molecule has 1 aromatic rings. The molecular formula is C12H14Cl2N2O3. The molecule has 1 N–H and O–H groups in total. The van der Waals surface area contributed by atoms with Crippen molar-refractivity contribution in [3.8, 4) is 0 Å². The lowest BCUT2D eigenvalue weighted by molar-refractivity contribution is -0.138. The van der Waals surface area contributed by atoms with Gasteiger partial charge in [0, 0.05) is 12.7 Å². The van der Waals surface area contributed by atoms with Crippen LogP contribution in [-0.4, -0.2) is 35.5 Å². The second-order valence-corrected chi connectivity index (χ2v) is 5.03. The van der Waals surface area contributed by atoms with Crippen LogP contribution >= 0.6 is 23.2 Å². The van der Waals surface area contributed by atoms with Gasteiger partial charge in [0.15, 0.2) is 4.84 Å². The number of carbonyl (C=O) groups is 2. The first-order chi connectivity index (χ1) is 8.95. The van der Waals surface area contributed by atoms with Gasteiger partial charge in [0.05, 0.1) is 0 Å². The van der Waals surface area contributed by atoms with E-state index in [-0.39, 0.29) is 6.47 Å². The third-order valence-electron chi connectivity index (χ3n) is 2.42. The summed E-state index contributed by atoms with van der Waals surface area (Å²) in [6.07, 6.45) is -1.05. The van der Waals surface area contributed by atoms with E-state index in [0.29, 0.717) is 5.69 Å². The molecule has 1 atom stereocenters. The van der Waals surface area contributed by atoms with Gasteiger partial charge in [0.1, 0.15) is 0 Å². The van der Waals surface area contributed by atoms with Gasteiger partial charge in [-0.15, -0.1) is 0 Å². The van der Waals surface area contributed by atoms with Gasteiger partial charge in [-0.25, -0.2) is 4.79 Å². The van der Waals surface area contributed by atoms with Crippen LogP contribution in [0.25, 0.3) is 0 Å². The maximum atomic E-state index is 11.9. The van der Waals surface area contributed by atoms with E-state index in [4.69, 9.17) is 23.2 Å². The van der Waals surface area contributed by atoms with E-state index >= 15 is 0 Å². The Labute approximate surface area is 121 Å². The standard InChI is InChI=1S/C12H14Cl2N2O3/c1-8-3-5-9(6-4-8)15-12(18)16(2)11(10(13)14)19-7-17/h3-7,10-11H,1-2H3,(H,15,18). The zero-order chi connectivity index (χ0) is 14.4. The first-order valence-corrected chi connectivity index (χ1v) is 6.30. The summed E-state index contributed by atoms with van der Waals surface area (Å²) >= 11 is 11.3. The van der Waals surface area contributed by atoms with E-state index < -0.39 is 17.1 Å². The molecular weight excluding hydrogens is 291 g/mol. The highest BCUT2D eigenvalue weighted by atomic mass is 35.5. The monoisotopic (exact) mass is 304 g/mol. The number of nitrogens with one attached hydrogen (secondary N) is 1. The third kappa shape index (κ3) is 4.61. The first kappa shape index (κ1) is 15.6. The SMILES string of the molecule is Cc1ccc(NC(=O)N(C)C(OC=O)C(Cl)Cl)cc1. The Morgan fingerprint density at radius 1 is 1.37 bits per heavy atom. The number of nitrogens with zero attached hydrogens (tertiary/aromatic N) is 1. The fraction of sp³-hybridized carbons (Fsp3) is 0.333. The summed E-state index contributed by atoms with van der Waals surface area (Å²) in [6.45, 7) is 2.13. The van der Waals surface area contributed by atoms with Crippen LogP contribution in [0.15, 0.2) is 24.3 Å². The van der Waals surface area contributed by atoms with Crippen molar-refractivity contribution in [3.05, 3.63) is 29.8 Å². The number of ether oxygens (including phenoxy) is 1. The maximum Gasteiger partial charge on any atom is 0.324 e. The van der Waals surface area contributed by atoms with E-state index in [1.54, 1.807) is 12.1 Å². The third-order valence-corrected chi connectivity index (χ3v) is 2.85. The lowest BCUT2D eigenvalue weighted by atomic mass is 10.2. The van der Waals surface area contributed by atoms with Crippen molar-refractivity contribution >= 4 is 41.4 Å². The number of hydrogen-bond donors (Lipinski definition) is 1. The number of rotatable bonds is 5. The van der Waals surface area contributed by atoms with Crippen molar-refractivity contribution in [1.82, 2.24) is 4.90 Å². The average Bonchev–Trinajstić information content (AvgIpc) is 2.37. The minimum absolute atomic E-state index is 0.193.